The first-order valence-corrected chi connectivity index (χ1v) is 3.80. The van der Waals surface area contributed by atoms with Crippen LogP contribution in [0.2, 0.25) is 0 Å². The summed E-state index contributed by atoms with van der Waals surface area (Å²) in [7, 11) is 1.57. The summed E-state index contributed by atoms with van der Waals surface area (Å²) in [6.07, 6.45) is -0.448. The Kier molecular flexibility index (Phi) is 2.52. The summed E-state index contributed by atoms with van der Waals surface area (Å²) in [4.78, 5) is 21.7. The molecule has 1 heterocycles. The van der Waals surface area contributed by atoms with E-state index in [-0.39, 0.29) is 24.5 Å². The van der Waals surface area contributed by atoms with Crippen molar-refractivity contribution < 1.29 is 14.3 Å². The number of alkyl carbamates (subject to hydrolysis) is 1. The second kappa shape index (κ2) is 3.42. The highest BCUT2D eigenvalue weighted by atomic mass is 16.6. The van der Waals surface area contributed by atoms with Crippen LogP contribution in [0.25, 0.3) is 0 Å². The van der Waals surface area contributed by atoms with Gasteiger partial charge in [0.1, 0.15) is 6.61 Å². The summed E-state index contributed by atoms with van der Waals surface area (Å²) in [6.45, 7) is 2.02. The molecular weight excluding hydrogens is 160 g/mol. The highest BCUT2D eigenvalue weighted by Crippen LogP contribution is 2.08. The van der Waals surface area contributed by atoms with E-state index in [1.54, 1.807) is 14.0 Å². The van der Waals surface area contributed by atoms with Crippen LogP contribution in [0.4, 0.5) is 4.79 Å². The zero-order valence-corrected chi connectivity index (χ0v) is 7.09. The Labute approximate surface area is 70.5 Å². The summed E-state index contributed by atoms with van der Waals surface area (Å²) < 4.78 is 4.65. The molecule has 0 aromatic heterocycles. The van der Waals surface area contributed by atoms with E-state index in [4.69, 9.17) is 0 Å². The predicted molar refractivity (Wildman–Crippen MR) is 41.5 cm³/mol. The molecule has 1 rings (SSSR count). The van der Waals surface area contributed by atoms with Crippen molar-refractivity contribution in [1.82, 2.24) is 10.6 Å². The van der Waals surface area contributed by atoms with Gasteiger partial charge >= 0.3 is 6.09 Å². The fourth-order valence-corrected chi connectivity index (χ4v) is 1.08. The molecule has 5 heteroatoms. The molecule has 0 aromatic rings. The molecule has 2 N–H and O–H groups in total. The Bertz CT molecular complexity index is 205. The van der Waals surface area contributed by atoms with Gasteiger partial charge in [-0.25, -0.2) is 4.79 Å². The molecule has 2 amide bonds. The zero-order chi connectivity index (χ0) is 9.14. The van der Waals surface area contributed by atoms with Gasteiger partial charge in [-0.1, -0.05) is 6.92 Å². The predicted octanol–water partition coefficient (Wildman–Crippen LogP) is -0.523. The molecule has 0 aliphatic carbocycles. The van der Waals surface area contributed by atoms with Gasteiger partial charge in [0.05, 0.1) is 12.0 Å². The fraction of sp³-hybridized carbons (Fsp3) is 0.714. The van der Waals surface area contributed by atoms with E-state index >= 15 is 0 Å². The lowest BCUT2D eigenvalue weighted by atomic mass is 10.0. The maximum absolute atomic E-state index is 11.1. The molecule has 1 aliphatic rings. The van der Waals surface area contributed by atoms with Gasteiger partial charge in [-0.15, -0.1) is 0 Å². The zero-order valence-electron chi connectivity index (χ0n) is 7.09. The Morgan fingerprint density at radius 3 is 2.92 bits per heavy atom. The molecule has 0 bridgehead atoms. The Balaban J connectivity index is 2.48. The van der Waals surface area contributed by atoms with Crippen molar-refractivity contribution in [3.8, 4) is 0 Å². The maximum Gasteiger partial charge on any atom is 0.407 e. The average molecular weight is 172 g/mol. The van der Waals surface area contributed by atoms with Gasteiger partial charge in [0, 0.05) is 7.05 Å². The van der Waals surface area contributed by atoms with E-state index < -0.39 is 6.09 Å². The molecule has 0 spiro atoms. The normalized spacial score (nSPS) is 24.2. The van der Waals surface area contributed by atoms with Crippen LogP contribution in [0.1, 0.15) is 6.92 Å². The van der Waals surface area contributed by atoms with E-state index in [1.165, 1.54) is 0 Å². The van der Waals surface area contributed by atoms with Crippen LogP contribution in [0.5, 0.6) is 0 Å². The standard InChI is InChI=1S/C7H12N2O3/c1-4(6(10)8-2)5-3-12-7(11)9-5/h4-5H,3H2,1-2H3,(H,8,10)(H,9,11)/t4?,5-/m1/s1. The number of amides is 2. The van der Waals surface area contributed by atoms with E-state index in [9.17, 15) is 9.59 Å². The molecule has 1 saturated heterocycles. The third kappa shape index (κ3) is 1.66. The Morgan fingerprint density at radius 1 is 1.83 bits per heavy atom. The van der Waals surface area contributed by atoms with Crippen LogP contribution in [-0.4, -0.2) is 31.7 Å². The number of carbonyl (C=O) groups is 2. The van der Waals surface area contributed by atoms with E-state index in [0.29, 0.717) is 0 Å². The van der Waals surface area contributed by atoms with Crippen molar-refractivity contribution >= 4 is 12.0 Å². The van der Waals surface area contributed by atoms with E-state index in [2.05, 4.69) is 15.4 Å². The molecule has 5 nitrogen and oxygen atoms in total. The van der Waals surface area contributed by atoms with Crippen LogP contribution < -0.4 is 10.6 Å². The minimum absolute atomic E-state index is 0.0919. The monoisotopic (exact) mass is 172 g/mol. The van der Waals surface area contributed by atoms with Gasteiger partial charge in [0.2, 0.25) is 5.91 Å². The van der Waals surface area contributed by atoms with Crippen molar-refractivity contribution in [2.24, 2.45) is 5.92 Å². The lowest BCUT2D eigenvalue weighted by Crippen LogP contribution is -2.41. The number of carbonyl (C=O) groups excluding carboxylic acids is 2. The van der Waals surface area contributed by atoms with Gasteiger partial charge in [-0.05, 0) is 0 Å². The Hall–Kier alpha value is -1.26. The quantitative estimate of drug-likeness (QED) is 0.588. The van der Waals surface area contributed by atoms with E-state index in [0.717, 1.165) is 0 Å². The maximum atomic E-state index is 11.1. The molecule has 1 aliphatic heterocycles. The first-order valence-electron chi connectivity index (χ1n) is 3.80. The third-order valence-electron chi connectivity index (χ3n) is 1.96. The number of ether oxygens (including phenoxy) is 1. The highest BCUT2D eigenvalue weighted by Gasteiger charge is 2.30. The summed E-state index contributed by atoms with van der Waals surface area (Å²) in [5, 5.41) is 5.06. The SMILES string of the molecule is CNC(=O)C(C)[C@H]1COC(=O)N1. The molecule has 12 heavy (non-hydrogen) atoms. The van der Waals surface area contributed by atoms with Gasteiger partial charge in [0.25, 0.3) is 0 Å². The summed E-state index contributed by atoms with van der Waals surface area (Å²) in [5.41, 5.74) is 0. The lowest BCUT2D eigenvalue weighted by molar-refractivity contribution is -0.124. The second-order valence-corrected chi connectivity index (χ2v) is 2.75. The molecule has 2 atom stereocenters. The summed E-state index contributed by atoms with van der Waals surface area (Å²) >= 11 is 0. The molecule has 0 saturated carbocycles. The van der Waals surface area contributed by atoms with Crippen molar-refractivity contribution in [2.75, 3.05) is 13.7 Å². The summed E-state index contributed by atoms with van der Waals surface area (Å²) in [6, 6.07) is -0.197. The highest BCUT2D eigenvalue weighted by molar-refractivity contribution is 5.80. The lowest BCUT2D eigenvalue weighted by Gasteiger charge is -2.14. The minimum atomic E-state index is -0.448. The Morgan fingerprint density at radius 2 is 2.50 bits per heavy atom. The fourth-order valence-electron chi connectivity index (χ4n) is 1.08. The van der Waals surface area contributed by atoms with Crippen LogP contribution in [0.3, 0.4) is 0 Å². The number of nitrogens with one attached hydrogen (secondary N) is 2. The van der Waals surface area contributed by atoms with Crippen LogP contribution >= 0.6 is 0 Å². The topological polar surface area (TPSA) is 67.4 Å². The van der Waals surface area contributed by atoms with Crippen molar-refractivity contribution in [3.63, 3.8) is 0 Å². The van der Waals surface area contributed by atoms with Crippen molar-refractivity contribution in [3.05, 3.63) is 0 Å². The van der Waals surface area contributed by atoms with Gasteiger partial charge in [-0.3, -0.25) is 4.79 Å². The second-order valence-electron chi connectivity index (χ2n) is 2.75. The first-order chi connectivity index (χ1) is 5.65. The van der Waals surface area contributed by atoms with Gasteiger partial charge in [0.15, 0.2) is 0 Å². The third-order valence-corrected chi connectivity index (χ3v) is 1.96. The molecule has 0 radical (unpaired) electrons. The van der Waals surface area contributed by atoms with Gasteiger partial charge in [-0.2, -0.15) is 0 Å². The summed E-state index contributed by atoms with van der Waals surface area (Å²) in [5.74, 6) is -0.341. The molecular formula is C7H12N2O3. The van der Waals surface area contributed by atoms with Crippen molar-refractivity contribution in [1.29, 1.82) is 0 Å². The number of hydrogen-bond donors (Lipinski definition) is 2. The molecule has 1 fully saturated rings. The average Bonchev–Trinajstić information content (AvgIpc) is 2.49. The number of rotatable bonds is 2. The number of hydrogen-bond acceptors (Lipinski definition) is 3. The molecule has 1 unspecified atom stereocenters. The first kappa shape index (κ1) is 8.83. The smallest absolute Gasteiger partial charge is 0.407 e. The number of cyclic esters (lactones) is 1. The van der Waals surface area contributed by atoms with Crippen LogP contribution in [0, 0.1) is 5.92 Å². The van der Waals surface area contributed by atoms with Crippen LogP contribution in [-0.2, 0) is 9.53 Å². The van der Waals surface area contributed by atoms with E-state index in [1.807, 2.05) is 0 Å². The van der Waals surface area contributed by atoms with Crippen LogP contribution in [0.15, 0.2) is 0 Å². The largest absolute Gasteiger partial charge is 0.447 e. The van der Waals surface area contributed by atoms with Crippen molar-refractivity contribution in [2.45, 2.75) is 13.0 Å². The van der Waals surface area contributed by atoms with Gasteiger partial charge < -0.3 is 15.4 Å². The molecule has 0 aromatic carbocycles. The molecule has 68 valence electrons. The minimum Gasteiger partial charge on any atom is -0.447 e.